The van der Waals surface area contributed by atoms with Crippen molar-refractivity contribution in [2.45, 2.75) is 13.0 Å². The maximum Gasteiger partial charge on any atom is 0.270 e. The van der Waals surface area contributed by atoms with E-state index in [9.17, 15) is 4.79 Å². The molecule has 0 fully saturated rings. The van der Waals surface area contributed by atoms with Crippen molar-refractivity contribution in [3.8, 4) is 0 Å². The van der Waals surface area contributed by atoms with Crippen LogP contribution in [0.3, 0.4) is 0 Å². The van der Waals surface area contributed by atoms with Crippen LogP contribution in [0, 0.1) is 0 Å². The first-order valence-electron chi connectivity index (χ1n) is 4.83. The van der Waals surface area contributed by atoms with Gasteiger partial charge in [0, 0.05) is 0 Å². The molecule has 1 atom stereocenters. The van der Waals surface area contributed by atoms with E-state index in [1.165, 1.54) is 0 Å². The summed E-state index contributed by atoms with van der Waals surface area (Å²) >= 11 is 3.20. The molecule has 0 saturated carbocycles. The summed E-state index contributed by atoms with van der Waals surface area (Å²) in [4.78, 5) is 15.9. The molecule has 0 aliphatic heterocycles. The highest BCUT2D eigenvalue weighted by atomic mass is 79.9. The fourth-order valence-corrected chi connectivity index (χ4v) is 1.57. The lowest BCUT2D eigenvalue weighted by Crippen LogP contribution is -2.28. The molecular formula is C9H9BrN6O. The smallest absolute Gasteiger partial charge is 0.270 e. The van der Waals surface area contributed by atoms with Crippen molar-refractivity contribution in [3.63, 3.8) is 0 Å². The number of H-pyrrole nitrogens is 1. The molecule has 2 rings (SSSR count). The van der Waals surface area contributed by atoms with E-state index in [2.05, 4.69) is 46.9 Å². The molecule has 0 radical (unpaired) electrons. The Balaban J connectivity index is 2.07. The number of halogens is 1. The maximum absolute atomic E-state index is 11.8. The number of amides is 1. The minimum Gasteiger partial charge on any atom is -0.341 e. The zero-order chi connectivity index (χ0) is 12.3. The molecule has 2 aromatic heterocycles. The van der Waals surface area contributed by atoms with Crippen molar-refractivity contribution in [2.75, 3.05) is 0 Å². The van der Waals surface area contributed by atoms with Gasteiger partial charge >= 0.3 is 0 Å². The number of carbonyl (C=O) groups excluding carboxylic acids is 1. The van der Waals surface area contributed by atoms with Crippen LogP contribution in [-0.4, -0.2) is 31.5 Å². The summed E-state index contributed by atoms with van der Waals surface area (Å²) in [6, 6.07) is 4.79. The summed E-state index contributed by atoms with van der Waals surface area (Å²) in [5, 5.41) is 16.1. The number of tetrazole rings is 1. The number of carbonyl (C=O) groups is 1. The molecule has 17 heavy (non-hydrogen) atoms. The van der Waals surface area contributed by atoms with E-state index >= 15 is 0 Å². The van der Waals surface area contributed by atoms with Crippen LogP contribution < -0.4 is 5.32 Å². The summed E-state index contributed by atoms with van der Waals surface area (Å²) < 4.78 is 0.609. The second-order valence-corrected chi connectivity index (χ2v) is 4.12. The number of hydrogen-bond donors (Lipinski definition) is 2. The van der Waals surface area contributed by atoms with Gasteiger partial charge in [0.05, 0.1) is 6.04 Å². The maximum atomic E-state index is 11.8. The molecule has 1 unspecified atom stereocenters. The Bertz CT molecular complexity index is 514. The largest absolute Gasteiger partial charge is 0.341 e. The van der Waals surface area contributed by atoms with Gasteiger partial charge in [-0.25, -0.2) is 4.98 Å². The van der Waals surface area contributed by atoms with Gasteiger partial charge in [-0.3, -0.25) is 4.79 Å². The Morgan fingerprint density at radius 2 is 2.35 bits per heavy atom. The normalized spacial score (nSPS) is 12.1. The number of pyridine rings is 1. The first-order chi connectivity index (χ1) is 8.16. The summed E-state index contributed by atoms with van der Waals surface area (Å²) in [6.45, 7) is 1.76. The highest BCUT2D eigenvalue weighted by Gasteiger charge is 2.15. The summed E-state index contributed by atoms with van der Waals surface area (Å²) in [6.07, 6.45) is 0. The first kappa shape index (κ1) is 11.6. The highest BCUT2D eigenvalue weighted by molar-refractivity contribution is 9.10. The lowest BCUT2D eigenvalue weighted by atomic mass is 10.3. The summed E-state index contributed by atoms with van der Waals surface area (Å²) in [5.74, 6) is 0.136. The Morgan fingerprint density at radius 1 is 1.53 bits per heavy atom. The zero-order valence-corrected chi connectivity index (χ0v) is 10.5. The third-order valence-electron chi connectivity index (χ3n) is 2.04. The lowest BCUT2D eigenvalue weighted by Gasteiger charge is -2.09. The second-order valence-electron chi connectivity index (χ2n) is 3.31. The topological polar surface area (TPSA) is 96.5 Å². The average molecular weight is 297 g/mol. The minimum atomic E-state index is -0.331. The van der Waals surface area contributed by atoms with Gasteiger partial charge in [-0.1, -0.05) is 11.3 Å². The number of rotatable bonds is 3. The van der Waals surface area contributed by atoms with Gasteiger partial charge in [0.2, 0.25) is 0 Å². The van der Waals surface area contributed by atoms with Crippen molar-refractivity contribution >= 4 is 21.8 Å². The molecule has 88 valence electrons. The van der Waals surface area contributed by atoms with Gasteiger partial charge in [0.25, 0.3) is 5.91 Å². The SMILES string of the molecule is CC(NC(=O)c1cccc(Br)n1)c1nn[nH]n1. The van der Waals surface area contributed by atoms with E-state index in [0.29, 0.717) is 16.1 Å². The molecule has 2 heterocycles. The van der Waals surface area contributed by atoms with E-state index < -0.39 is 0 Å². The van der Waals surface area contributed by atoms with Crippen molar-refractivity contribution in [2.24, 2.45) is 0 Å². The molecule has 0 spiro atoms. The molecule has 0 saturated heterocycles. The van der Waals surface area contributed by atoms with Crippen molar-refractivity contribution in [3.05, 3.63) is 34.3 Å². The average Bonchev–Trinajstić information content (AvgIpc) is 2.82. The Labute approximate surface area is 105 Å². The third-order valence-corrected chi connectivity index (χ3v) is 2.49. The van der Waals surface area contributed by atoms with Crippen LogP contribution in [0.1, 0.15) is 29.3 Å². The Kier molecular flexibility index (Phi) is 3.43. The highest BCUT2D eigenvalue weighted by Crippen LogP contribution is 2.08. The zero-order valence-electron chi connectivity index (χ0n) is 8.88. The van der Waals surface area contributed by atoms with Crippen LogP contribution in [0.4, 0.5) is 0 Å². The van der Waals surface area contributed by atoms with Gasteiger partial charge in [-0.2, -0.15) is 5.21 Å². The lowest BCUT2D eigenvalue weighted by molar-refractivity contribution is 0.0933. The van der Waals surface area contributed by atoms with Crippen molar-refractivity contribution < 1.29 is 4.79 Å². The van der Waals surface area contributed by atoms with E-state index in [4.69, 9.17) is 0 Å². The second kappa shape index (κ2) is 5.00. The summed E-state index contributed by atoms with van der Waals surface area (Å²) in [7, 11) is 0. The number of hydrogen-bond acceptors (Lipinski definition) is 5. The Hall–Kier alpha value is -1.83. The van der Waals surface area contributed by atoms with Gasteiger partial charge in [-0.15, -0.1) is 10.2 Å². The van der Waals surface area contributed by atoms with Crippen molar-refractivity contribution in [1.29, 1.82) is 0 Å². The van der Waals surface area contributed by atoms with Gasteiger partial charge in [0.1, 0.15) is 10.3 Å². The molecule has 0 aromatic carbocycles. The Morgan fingerprint density at radius 3 is 3.00 bits per heavy atom. The fraction of sp³-hybridized carbons (Fsp3) is 0.222. The predicted molar refractivity (Wildman–Crippen MR) is 62.0 cm³/mol. The van der Waals surface area contributed by atoms with Crippen LogP contribution in [0.15, 0.2) is 22.8 Å². The molecule has 0 aliphatic rings. The minimum absolute atomic E-state index is 0.288. The molecule has 7 nitrogen and oxygen atoms in total. The number of nitrogens with zero attached hydrogens (tertiary/aromatic N) is 4. The number of aromatic nitrogens is 5. The summed E-state index contributed by atoms with van der Waals surface area (Å²) in [5.41, 5.74) is 0.328. The first-order valence-corrected chi connectivity index (χ1v) is 5.63. The molecule has 0 bridgehead atoms. The van der Waals surface area contributed by atoms with Gasteiger partial charge < -0.3 is 5.32 Å². The molecule has 1 amide bonds. The molecule has 2 N–H and O–H groups in total. The number of aromatic amines is 1. The number of nitrogens with one attached hydrogen (secondary N) is 2. The van der Waals surface area contributed by atoms with Crippen LogP contribution in [0.5, 0.6) is 0 Å². The molecular weight excluding hydrogens is 288 g/mol. The van der Waals surface area contributed by atoms with Crippen molar-refractivity contribution in [1.82, 2.24) is 30.9 Å². The standard InChI is InChI=1S/C9H9BrN6O/c1-5(8-13-15-16-14-8)11-9(17)6-3-2-4-7(10)12-6/h2-5H,1H3,(H,11,17)(H,13,14,15,16). The molecule has 8 heteroatoms. The van der Waals surface area contributed by atoms with Crippen LogP contribution in [0.25, 0.3) is 0 Å². The fourth-order valence-electron chi connectivity index (χ4n) is 1.22. The van der Waals surface area contributed by atoms with Crippen LogP contribution in [-0.2, 0) is 0 Å². The van der Waals surface area contributed by atoms with E-state index in [-0.39, 0.29) is 11.9 Å². The molecule has 0 aliphatic carbocycles. The quantitative estimate of drug-likeness (QED) is 0.819. The van der Waals surface area contributed by atoms with E-state index in [1.807, 2.05) is 0 Å². The monoisotopic (exact) mass is 296 g/mol. The van der Waals surface area contributed by atoms with Crippen LogP contribution in [0.2, 0.25) is 0 Å². The predicted octanol–water partition coefficient (Wildman–Crippen LogP) is 0.848. The molecule has 2 aromatic rings. The van der Waals surface area contributed by atoms with Gasteiger partial charge in [-0.05, 0) is 35.0 Å². The van der Waals surface area contributed by atoms with Gasteiger partial charge in [0.15, 0.2) is 5.82 Å². The van der Waals surface area contributed by atoms with Crippen LogP contribution >= 0.6 is 15.9 Å². The third kappa shape index (κ3) is 2.84. The van der Waals surface area contributed by atoms with E-state index in [0.717, 1.165) is 0 Å². The van der Waals surface area contributed by atoms with E-state index in [1.54, 1.807) is 25.1 Å².